The van der Waals surface area contributed by atoms with Crippen LogP contribution in [0.25, 0.3) is 0 Å². The van der Waals surface area contributed by atoms with E-state index in [1.807, 2.05) is 0 Å². The van der Waals surface area contributed by atoms with Crippen molar-refractivity contribution < 1.29 is 48.4 Å². The number of alkyl halides is 10. The standard InChI is InChI=1S/C4F11N/c5-1(2(6,7)8,3(9,10)11)16(15)4(12,13)14. The zero-order valence-electron chi connectivity index (χ0n) is 6.60. The Balaban J connectivity index is 5.63. The highest BCUT2D eigenvalue weighted by molar-refractivity contribution is 4.92. The van der Waals surface area contributed by atoms with Gasteiger partial charge in [-0.2, -0.15) is 39.5 Å². The van der Waals surface area contributed by atoms with Gasteiger partial charge in [-0.15, -0.1) is 4.48 Å². The summed E-state index contributed by atoms with van der Waals surface area (Å²) in [6.45, 7) is 0. The Hall–Kier alpha value is -0.810. The van der Waals surface area contributed by atoms with E-state index in [0.29, 0.717) is 0 Å². The molecule has 0 fully saturated rings. The summed E-state index contributed by atoms with van der Waals surface area (Å²) in [5, 5.41) is -3.87. The van der Waals surface area contributed by atoms with Crippen LogP contribution < -0.4 is 0 Å². The molecule has 0 aliphatic heterocycles. The normalized spacial score (nSPS) is 15.8. The molecule has 12 heteroatoms. The molecule has 0 atom stereocenters. The summed E-state index contributed by atoms with van der Waals surface area (Å²) in [4.78, 5) is 0. The van der Waals surface area contributed by atoms with Gasteiger partial charge in [-0.25, -0.2) is 4.39 Å². The molecule has 0 aliphatic rings. The van der Waals surface area contributed by atoms with Crippen LogP contribution in [-0.2, 0) is 0 Å². The highest BCUT2D eigenvalue weighted by atomic mass is 19.4. The third-order valence-electron chi connectivity index (χ3n) is 1.24. The Morgan fingerprint density at radius 3 is 0.875 bits per heavy atom. The predicted octanol–water partition coefficient (Wildman–Crippen LogP) is 3.48. The molecule has 0 saturated heterocycles. The smallest absolute Gasteiger partial charge is 0.203 e. The second-order valence-corrected chi connectivity index (χ2v) is 2.37. The van der Waals surface area contributed by atoms with E-state index in [4.69, 9.17) is 0 Å². The summed E-state index contributed by atoms with van der Waals surface area (Å²) in [6.07, 6.45) is -21.1. The molecule has 98 valence electrons. The molecule has 0 N–H and O–H groups in total. The van der Waals surface area contributed by atoms with Gasteiger partial charge in [0, 0.05) is 5.12 Å². The maximum Gasteiger partial charge on any atom is 0.490 e. The van der Waals surface area contributed by atoms with Crippen LogP contribution in [0.15, 0.2) is 0 Å². The van der Waals surface area contributed by atoms with Gasteiger partial charge in [0.2, 0.25) is 0 Å². The van der Waals surface area contributed by atoms with Crippen molar-refractivity contribution in [1.82, 2.24) is 5.12 Å². The second-order valence-electron chi connectivity index (χ2n) is 2.37. The van der Waals surface area contributed by atoms with Crippen molar-refractivity contribution in [2.45, 2.75) is 24.4 Å². The highest BCUT2D eigenvalue weighted by Gasteiger charge is 2.81. The highest BCUT2D eigenvalue weighted by Crippen LogP contribution is 2.51. The fourth-order valence-corrected chi connectivity index (χ4v) is 0.558. The lowest BCUT2D eigenvalue weighted by atomic mass is 10.2. The molecule has 0 aromatic heterocycles. The molecule has 0 saturated carbocycles. The van der Waals surface area contributed by atoms with Crippen molar-refractivity contribution in [3.8, 4) is 0 Å². The van der Waals surface area contributed by atoms with Crippen LogP contribution in [-0.4, -0.2) is 29.6 Å². The molecule has 0 rings (SSSR count). The molecular formula is C4F11N. The molecule has 0 radical (unpaired) electrons. The Labute approximate surface area is 79.4 Å². The van der Waals surface area contributed by atoms with Crippen molar-refractivity contribution in [2.75, 3.05) is 0 Å². The quantitative estimate of drug-likeness (QED) is 0.401. The Bertz CT molecular complexity index is 230. The Kier molecular flexibility index (Phi) is 3.42. The SMILES string of the molecule is FN(C(F)(F)F)C(F)(C(F)(F)F)C(F)(F)F. The van der Waals surface area contributed by atoms with Crippen LogP contribution >= 0.6 is 0 Å². The lowest BCUT2D eigenvalue weighted by molar-refractivity contribution is -0.479. The molecule has 1 nitrogen and oxygen atoms in total. The van der Waals surface area contributed by atoms with Crippen LogP contribution in [0.4, 0.5) is 48.4 Å². The van der Waals surface area contributed by atoms with E-state index in [2.05, 4.69) is 0 Å². The molecule has 0 spiro atoms. The largest absolute Gasteiger partial charge is 0.490 e. The minimum absolute atomic E-state index is 3.87. The van der Waals surface area contributed by atoms with Crippen LogP contribution in [0, 0.1) is 0 Å². The summed E-state index contributed by atoms with van der Waals surface area (Å²) in [5.74, 6) is -7.14. The van der Waals surface area contributed by atoms with Crippen molar-refractivity contribution >= 4 is 0 Å². The molecule has 0 aliphatic carbocycles. The fourth-order valence-electron chi connectivity index (χ4n) is 0.558. The van der Waals surface area contributed by atoms with Gasteiger partial charge >= 0.3 is 24.4 Å². The number of nitrogens with zero attached hydrogens (tertiary/aromatic N) is 1. The summed E-state index contributed by atoms with van der Waals surface area (Å²) < 4.78 is 127. The molecule has 0 bridgehead atoms. The Morgan fingerprint density at radius 2 is 0.812 bits per heavy atom. The van der Waals surface area contributed by atoms with Gasteiger partial charge in [-0.1, -0.05) is 0 Å². The predicted molar refractivity (Wildman–Crippen MR) is 25.0 cm³/mol. The third kappa shape index (κ3) is 2.30. The second kappa shape index (κ2) is 3.60. The van der Waals surface area contributed by atoms with Crippen molar-refractivity contribution in [1.29, 1.82) is 0 Å². The topological polar surface area (TPSA) is 3.24 Å². The molecule has 0 aromatic carbocycles. The summed E-state index contributed by atoms with van der Waals surface area (Å²) in [5.41, 5.74) is 0. The van der Waals surface area contributed by atoms with Gasteiger partial charge in [0.25, 0.3) is 0 Å². The van der Waals surface area contributed by atoms with Gasteiger partial charge in [-0.3, -0.25) is 0 Å². The van der Waals surface area contributed by atoms with E-state index < -0.39 is 29.6 Å². The number of hydrogen-bond donors (Lipinski definition) is 0. The molecule has 0 aromatic rings. The van der Waals surface area contributed by atoms with E-state index in [1.165, 1.54) is 0 Å². The molecule has 16 heavy (non-hydrogen) atoms. The van der Waals surface area contributed by atoms with Gasteiger partial charge < -0.3 is 0 Å². The average molecular weight is 271 g/mol. The monoisotopic (exact) mass is 271 g/mol. The average Bonchev–Trinajstić information content (AvgIpc) is 1.95. The van der Waals surface area contributed by atoms with Crippen molar-refractivity contribution in [3.05, 3.63) is 0 Å². The van der Waals surface area contributed by atoms with Gasteiger partial charge in [0.05, 0.1) is 0 Å². The lowest BCUT2D eigenvalue weighted by Gasteiger charge is -2.34. The molecule has 0 heterocycles. The third-order valence-corrected chi connectivity index (χ3v) is 1.24. The van der Waals surface area contributed by atoms with Gasteiger partial charge in [-0.05, 0) is 0 Å². The van der Waals surface area contributed by atoms with Gasteiger partial charge in [0.15, 0.2) is 0 Å². The van der Waals surface area contributed by atoms with Crippen molar-refractivity contribution in [3.63, 3.8) is 0 Å². The van der Waals surface area contributed by atoms with Gasteiger partial charge in [0.1, 0.15) is 0 Å². The van der Waals surface area contributed by atoms with E-state index in [9.17, 15) is 48.4 Å². The van der Waals surface area contributed by atoms with E-state index in [1.54, 1.807) is 0 Å². The minimum Gasteiger partial charge on any atom is -0.203 e. The molecule has 0 amide bonds. The summed E-state index contributed by atoms with van der Waals surface area (Å²) >= 11 is 0. The van der Waals surface area contributed by atoms with Crippen LogP contribution in [0.1, 0.15) is 0 Å². The van der Waals surface area contributed by atoms with E-state index in [-0.39, 0.29) is 0 Å². The number of rotatable bonds is 1. The number of halogens is 11. The van der Waals surface area contributed by atoms with Crippen LogP contribution in [0.2, 0.25) is 0 Å². The lowest BCUT2D eigenvalue weighted by Crippen LogP contribution is -2.65. The molecular weight excluding hydrogens is 271 g/mol. The zero-order chi connectivity index (χ0) is 13.6. The summed E-state index contributed by atoms with van der Waals surface area (Å²) in [7, 11) is 0. The fraction of sp³-hybridized carbons (Fsp3) is 1.00. The van der Waals surface area contributed by atoms with Crippen molar-refractivity contribution in [2.24, 2.45) is 0 Å². The first-order valence-corrected chi connectivity index (χ1v) is 3.01. The first-order valence-electron chi connectivity index (χ1n) is 3.01. The maximum absolute atomic E-state index is 12.3. The van der Waals surface area contributed by atoms with Crippen LogP contribution in [0.3, 0.4) is 0 Å². The van der Waals surface area contributed by atoms with E-state index in [0.717, 1.165) is 0 Å². The van der Waals surface area contributed by atoms with Crippen LogP contribution in [0.5, 0.6) is 0 Å². The number of hydrogen-bond acceptors (Lipinski definition) is 1. The maximum atomic E-state index is 12.3. The Morgan fingerprint density at radius 1 is 0.562 bits per heavy atom. The summed E-state index contributed by atoms with van der Waals surface area (Å²) in [6, 6.07) is 0. The molecule has 0 unspecified atom stereocenters. The zero-order valence-corrected chi connectivity index (χ0v) is 6.60. The van der Waals surface area contributed by atoms with E-state index >= 15 is 0 Å². The minimum atomic E-state index is -7.14. The first-order chi connectivity index (χ1) is 6.65. The first kappa shape index (κ1) is 15.2.